The van der Waals surface area contributed by atoms with Crippen LogP contribution in [0.5, 0.6) is 0 Å². The minimum atomic E-state index is -0.375. The Hall–Kier alpha value is -1.02. The van der Waals surface area contributed by atoms with Crippen LogP contribution in [0.4, 0.5) is 5.69 Å². The van der Waals surface area contributed by atoms with E-state index in [1.807, 2.05) is 6.92 Å². The Kier molecular flexibility index (Phi) is 5.47. The first-order valence-electron chi connectivity index (χ1n) is 8.12. The Morgan fingerprint density at radius 1 is 1.10 bits per heavy atom. The van der Waals surface area contributed by atoms with Crippen molar-refractivity contribution >= 4 is 5.69 Å². The van der Waals surface area contributed by atoms with E-state index in [0.29, 0.717) is 6.04 Å². The van der Waals surface area contributed by atoms with Gasteiger partial charge in [-0.25, -0.2) is 0 Å². The van der Waals surface area contributed by atoms with Crippen molar-refractivity contribution < 1.29 is 5.11 Å². The topological polar surface area (TPSA) is 23.5 Å². The third-order valence-corrected chi connectivity index (χ3v) is 4.42. The SMILES string of the molecule is CC(C)CCN(c1ccc([C@@H](C)O)cc1)C1CCCC1. The normalized spacial score (nSPS) is 17.6. The number of anilines is 1. The lowest BCUT2D eigenvalue weighted by Gasteiger charge is -2.32. The molecule has 0 aliphatic heterocycles. The fraction of sp³-hybridized carbons (Fsp3) is 0.667. The quantitative estimate of drug-likeness (QED) is 0.824. The van der Waals surface area contributed by atoms with Crippen molar-refractivity contribution in [3.63, 3.8) is 0 Å². The van der Waals surface area contributed by atoms with Crippen molar-refractivity contribution in [2.45, 2.75) is 65.0 Å². The number of nitrogens with zero attached hydrogens (tertiary/aromatic N) is 1. The van der Waals surface area contributed by atoms with Gasteiger partial charge in [0.1, 0.15) is 0 Å². The van der Waals surface area contributed by atoms with Gasteiger partial charge < -0.3 is 10.0 Å². The van der Waals surface area contributed by atoms with Gasteiger partial charge in [0.15, 0.2) is 0 Å². The predicted molar refractivity (Wildman–Crippen MR) is 86.1 cm³/mol. The molecular weight excluding hydrogens is 246 g/mol. The molecule has 1 saturated carbocycles. The molecule has 0 spiro atoms. The van der Waals surface area contributed by atoms with E-state index < -0.39 is 0 Å². The molecular formula is C18H29NO. The molecule has 1 aromatic rings. The first-order valence-corrected chi connectivity index (χ1v) is 8.12. The third kappa shape index (κ3) is 3.99. The van der Waals surface area contributed by atoms with Crippen molar-refractivity contribution in [2.24, 2.45) is 5.92 Å². The largest absolute Gasteiger partial charge is 0.389 e. The molecule has 0 amide bonds. The minimum Gasteiger partial charge on any atom is -0.389 e. The van der Waals surface area contributed by atoms with Crippen molar-refractivity contribution in [1.82, 2.24) is 0 Å². The van der Waals surface area contributed by atoms with Gasteiger partial charge in [0.05, 0.1) is 6.10 Å². The average Bonchev–Trinajstić information content (AvgIpc) is 2.93. The van der Waals surface area contributed by atoms with E-state index in [1.165, 1.54) is 37.8 Å². The highest BCUT2D eigenvalue weighted by molar-refractivity contribution is 5.49. The van der Waals surface area contributed by atoms with Crippen LogP contribution in [-0.4, -0.2) is 17.7 Å². The van der Waals surface area contributed by atoms with Gasteiger partial charge in [-0.15, -0.1) is 0 Å². The van der Waals surface area contributed by atoms with Crippen molar-refractivity contribution in [1.29, 1.82) is 0 Å². The van der Waals surface area contributed by atoms with Crippen LogP contribution < -0.4 is 4.90 Å². The molecule has 1 aliphatic carbocycles. The summed E-state index contributed by atoms with van der Waals surface area (Å²) in [4.78, 5) is 2.60. The Labute approximate surface area is 123 Å². The molecule has 0 radical (unpaired) electrons. The van der Waals surface area contributed by atoms with E-state index in [1.54, 1.807) is 0 Å². The van der Waals surface area contributed by atoms with Gasteiger partial charge >= 0.3 is 0 Å². The summed E-state index contributed by atoms with van der Waals surface area (Å²) < 4.78 is 0. The molecule has 2 rings (SSSR count). The molecule has 112 valence electrons. The van der Waals surface area contributed by atoms with Crippen LogP contribution in [0.3, 0.4) is 0 Å². The fourth-order valence-electron chi connectivity index (χ4n) is 3.08. The molecule has 1 aromatic carbocycles. The zero-order valence-electron chi connectivity index (χ0n) is 13.2. The lowest BCUT2D eigenvalue weighted by Crippen LogP contribution is -2.34. The zero-order valence-corrected chi connectivity index (χ0v) is 13.2. The first-order chi connectivity index (χ1) is 9.58. The second kappa shape index (κ2) is 7.12. The van der Waals surface area contributed by atoms with E-state index in [9.17, 15) is 5.11 Å². The lowest BCUT2D eigenvalue weighted by molar-refractivity contribution is 0.199. The molecule has 0 unspecified atom stereocenters. The molecule has 0 heterocycles. The monoisotopic (exact) mass is 275 g/mol. The number of hydrogen-bond acceptors (Lipinski definition) is 2. The third-order valence-electron chi connectivity index (χ3n) is 4.42. The lowest BCUT2D eigenvalue weighted by atomic mass is 10.1. The second-order valence-corrected chi connectivity index (χ2v) is 6.58. The van der Waals surface area contributed by atoms with Gasteiger partial charge in [-0.3, -0.25) is 0 Å². The van der Waals surface area contributed by atoms with E-state index in [4.69, 9.17) is 0 Å². The number of aliphatic hydroxyl groups excluding tert-OH is 1. The van der Waals surface area contributed by atoms with Crippen LogP contribution in [0.25, 0.3) is 0 Å². The smallest absolute Gasteiger partial charge is 0.0761 e. The molecule has 1 aliphatic rings. The molecule has 20 heavy (non-hydrogen) atoms. The van der Waals surface area contributed by atoms with Crippen LogP contribution in [0.1, 0.15) is 64.5 Å². The molecule has 2 heteroatoms. The molecule has 0 aromatic heterocycles. The van der Waals surface area contributed by atoms with Gasteiger partial charge in [-0.2, -0.15) is 0 Å². The minimum absolute atomic E-state index is 0.375. The number of rotatable bonds is 6. The molecule has 1 atom stereocenters. The highest BCUT2D eigenvalue weighted by atomic mass is 16.3. The molecule has 0 saturated heterocycles. The number of hydrogen-bond donors (Lipinski definition) is 1. The van der Waals surface area contributed by atoms with Gasteiger partial charge in [-0.05, 0) is 49.8 Å². The van der Waals surface area contributed by atoms with Gasteiger partial charge in [-0.1, -0.05) is 38.8 Å². The summed E-state index contributed by atoms with van der Waals surface area (Å²) in [5.41, 5.74) is 2.32. The molecule has 0 bridgehead atoms. The van der Waals surface area contributed by atoms with Crippen molar-refractivity contribution in [2.75, 3.05) is 11.4 Å². The van der Waals surface area contributed by atoms with E-state index in [-0.39, 0.29) is 6.10 Å². The maximum atomic E-state index is 9.63. The Morgan fingerprint density at radius 2 is 1.70 bits per heavy atom. The molecule has 1 fully saturated rings. The summed E-state index contributed by atoms with van der Waals surface area (Å²) in [6, 6.07) is 9.21. The van der Waals surface area contributed by atoms with Crippen LogP contribution in [0, 0.1) is 5.92 Å². The highest BCUT2D eigenvalue weighted by Crippen LogP contribution is 2.29. The predicted octanol–water partition coefficient (Wildman–Crippen LogP) is 4.54. The Morgan fingerprint density at radius 3 is 2.20 bits per heavy atom. The maximum absolute atomic E-state index is 9.63. The number of aliphatic hydroxyl groups is 1. The molecule has 2 nitrogen and oxygen atoms in total. The van der Waals surface area contributed by atoms with E-state index >= 15 is 0 Å². The van der Waals surface area contributed by atoms with Crippen LogP contribution in [0.15, 0.2) is 24.3 Å². The first kappa shape index (κ1) is 15.4. The fourth-order valence-corrected chi connectivity index (χ4v) is 3.08. The average molecular weight is 275 g/mol. The number of benzene rings is 1. The van der Waals surface area contributed by atoms with Crippen LogP contribution in [-0.2, 0) is 0 Å². The summed E-state index contributed by atoms with van der Waals surface area (Å²) in [6.07, 6.45) is 6.27. The summed E-state index contributed by atoms with van der Waals surface area (Å²) in [6.45, 7) is 7.56. The van der Waals surface area contributed by atoms with Gasteiger partial charge in [0.25, 0.3) is 0 Å². The maximum Gasteiger partial charge on any atom is 0.0761 e. The summed E-state index contributed by atoms with van der Waals surface area (Å²) in [7, 11) is 0. The van der Waals surface area contributed by atoms with E-state index in [0.717, 1.165) is 18.0 Å². The summed E-state index contributed by atoms with van der Waals surface area (Å²) >= 11 is 0. The highest BCUT2D eigenvalue weighted by Gasteiger charge is 2.22. The van der Waals surface area contributed by atoms with Crippen LogP contribution in [0.2, 0.25) is 0 Å². The summed E-state index contributed by atoms with van der Waals surface area (Å²) in [5.74, 6) is 0.746. The van der Waals surface area contributed by atoms with Crippen LogP contribution >= 0.6 is 0 Å². The summed E-state index contributed by atoms with van der Waals surface area (Å²) in [5, 5.41) is 9.63. The standard InChI is InChI=1S/C18H29NO/c1-14(2)12-13-19(17-6-4-5-7-17)18-10-8-16(9-11-18)15(3)20/h8-11,14-15,17,20H,4-7,12-13H2,1-3H3/t15-/m1/s1. The van der Waals surface area contributed by atoms with Crippen molar-refractivity contribution in [3.8, 4) is 0 Å². The molecule has 1 N–H and O–H groups in total. The zero-order chi connectivity index (χ0) is 14.5. The van der Waals surface area contributed by atoms with E-state index in [2.05, 4.69) is 43.0 Å². The Bertz CT molecular complexity index is 390. The van der Waals surface area contributed by atoms with Crippen molar-refractivity contribution in [3.05, 3.63) is 29.8 Å². The second-order valence-electron chi connectivity index (χ2n) is 6.58. The van der Waals surface area contributed by atoms with Gasteiger partial charge in [0, 0.05) is 18.3 Å². The Balaban J connectivity index is 2.11. The van der Waals surface area contributed by atoms with Gasteiger partial charge in [0.2, 0.25) is 0 Å².